The first-order valence-corrected chi connectivity index (χ1v) is 10.1. The van der Waals surface area contributed by atoms with Crippen LogP contribution in [0.3, 0.4) is 0 Å². The SMILES string of the molecule is Cc1ccc(F)c2c(-n3c(C)nc4c(C(=O)O)cc(N5CCOCC5)cc43)ccnc12. The number of halogens is 1. The number of carbonyl (C=O) groups is 1. The number of benzene rings is 2. The molecule has 0 saturated carbocycles. The molecule has 5 rings (SSSR count). The number of carboxylic acids is 1. The second-order valence-electron chi connectivity index (χ2n) is 7.68. The van der Waals surface area contributed by atoms with Crippen LogP contribution < -0.4 is 4.90 Å². The van der Waals surface area contributed by atoms with E-state index >= 15 is 0 Å². The van der Waals surface area contributed by atoms with E-state index in [0.29, 0.717) is 59.8 Å². The Morgan fingerprint density at radius 3 is 2.65 bits per heavy atom. The van der Waals surface area contributed by atoms with Crippen LogP contribution in [-0.2, 0) is 4.74 Å². The smallest absolute Gasteiger partial charge is 0.338 e. The molecular weight excluding hydrogens is 399 g/mol. The van der Waals surface area contributed by atoms with E-state index in [2.05, 4.69) is 14.9 Å². The van der Waals surface area contributed by atoms with Crippen molar-refractivity contribution < 1.29 is 19.0 Å². The molecule has 0 aliphatic carbocycles. The highest BCUT2D eigenvalue weighted by Crippen LogP contribution is 2.33. The highest BCUT2D eigenvalue weighted by Gasteiger charge is 2.22. The predicted molar refractivity (Wildman–Crippen MR) is 116 cm³/mol. The Hall–Kier alpha value is -3.52. The maximum absolute atomic E-state index is 14.9. The molecule has 1 N–H and O–H groups in total. The number of aromatic carboxylic acids is 1. The monoisotopic (exact) mass is 420 g/mol. The van der Waals surface area contributed by atoms with Gasteiger partial charge < -0.3 is 14.7 Å². The number of nitrogens with zero attached hydrogens (tertiary/aromatic N) is 4. The summed E-state index contributed by atoms with van der Waals surface area (Å²) in [6.45, 7) is 6.18. The van der Waals surface area contributed by atoms with Crippen LogP contribution in [0, 0.1) is 19.7 Å². The molecule has 0 spiro atoms. The van der Waals surface area contributed by atoms with Gasteiger partial charge in [-0.2, -0.15) is 0 Å². The molecule has 4 aromatic rings. The van der Waals surface area contributed by atoms with Crippen LogP contribution in [0.25, 0.3) is 27.6 Å². The highest BCUT2D eigenvalue weighted by molar-refractivity contribution is 6.04. The third-order valence-corrected chi connectivity index (χ3v) is 5.78. The van der Waals surface area contributed by atoms with Gasteiger partial charge in [0.25, 0.3) is 0 Å². The number of carboxylic acid groups (broad SMARTS) is 1. The molecule has 2 aromatic heterocycles. The quantitative estimate of drug-likeness (QED) is 0.542. The molecule has 0 atom stereocenters. The van der Waals surface area contributed by atoms with Gasteiger partial charge in [0.1, 0.15) is 17.2 Å². The first-order chi connectivity index (χ1) is 15.0. The zero-order valence-electron chi connectivity index (χ0n) is 17.2. The molecule has 0 amide bonds. The van der Waals surface area contributed by atoms with Crippen LogP contribution in [0.5, 0.6) is 0 Å². The van der Waals surface area contributed by atoms with E-state index in [0.717, 1.165) is 11.3 Å². The molecule has 1 fully saturated rings. The number of aryl methyl sites for hydroxylation is 2. The van der Waals surface area contributed by atoms with Gasteiger partial charge in [-0.1, -0.05) is 6.07 Å². The molecule has 0 bridgehead atoms. The van der Waals surface area contributed by atoms with Crippen LogP contribution in [0.1, 0.15) is 21.7 Å². The molecule has 31 heavy (non-hydrogen) atoms. The Morgan fingerprint density at radius 1 is 1.13 bits per heavy atom. The summed E-state index contributed by atoms with van der Waals surface area (Å²) < 4.78 is 22.2. The van der Waals surface area contributed by atoms with Gasteiger partial charge in [0.05, 0.1) is 40.9 Å². The average molecular weight is 420 g/mol. The summed E-state index contributed by atoms with van der Waals surface area (Å²) in [5.41, 5.74) is 3.91. The van der Waals surface area contributed by atoms with Crippen molar-refractivity contribution in [3.05, 3.63) is 59.3 Å². The van der Waals surface area contributed by atoms with E-state index in [-0.39, 0.29) is 11.4 Å². The van der Waals surface area contributed by atoms with Gasteiger partial charge in [-0.25, -0.2) is 14.2 Å². The van der Waals surface area contributed by atoms with Gasteiger partial charge in [0, 0.05) is 25.0 Å². The van der Waals surface area contributed by atoms with Crippen LogP contribution in [0.15, 0.2) is 36.5 Å². The summed E-state index contributed by atoms with van der Waals surface area (Å²) in [4.78, 5) is 23.1. The van der Waals surface area contributed by atoms with Crippen LogP contribution in [0.2, 0.25) is 0 Å². The van der Waals surface area contributed by atoms with Gasteiger partial charge in [-0.05, 0) is 43.7 Å². The third kappa shape index (κ3) is 3.11. The molecule has 158 valence electrons. The van der Waals surface area contributed by atoms with Gasteiger partial charge in [0.15, 0.2) is 0 Å². The van der Waals surface area contributed by atoms with Crippen molar-refractivity contribution in [2.75, 3.05) is 31.2 Å². The lowest BCUT2D eigenvalue weighted by atomic mass is 10.1. The van der Waals surface area contributed by atoms with Gasteiger partial charge in [0.2, 0.25) is 0 Å². The largest absolute Gasteiger partial charge is 0.478 e. The maximum atomic E-state index is 14.9. The molecule has 2 aromatic carbocycles. The van der Waals surface area contributed by atoms with Crippen LogP contribution >= 0.6 is 0 Å². The minimum absolute atomic E-state index is 0.121. The van der Waals surface area contributed by atoms with E-state index in [9.17, 15) is 14.3 Å². The Morgan fingerprint density at radius 2 is 1.90 bits per heavy atom. The van der Waals surface area contributed by atoms with Crippen molar-refractivity contribution in [1.29, 1.82) is 0 Å². The molecule has 1 aliphatic heterocycles. The topological polar surface area (TPSA) is 80.5 Å². The predicted octanol–water partition coefficient (Wildman–Crippen LogP) is 3.86. The van der Waals surface area contributed by atoms with E-state index < -0.39 is 5.97 Å². The first kappa shape index (κ1) is 19.4. The summed E-state index contributed by atoms with van der Waals surface area (Å²) in [6.07, 6.45) is 1.64. The first-order valence-electron chi connectivity index (χ1n) is 10.1. The normalized spacial score (nSPS) is 14.5. The summed E-state index contributed by atoms with van der Waals surface area (Å²) in [6, 6.07) is 8.45. The number of hydrogen-bond donors (Lipinski definition) is 1. The van der Waals surface area contributed by atoms with Crippen molar-refractivity contribution in [3.8, 4) is 5.69 Å². The Bertz CT molecular complexity index is 1340. The average Bonchev–Trinajstić information content (AvgIpc) is 3.11. The molecule has 1 aliphatic rings. The minimum Gasteiger partial charge on any atom is -0.478 e. The lowest BCUT2D eigenvalue weighted by Gasteiger charge is -2.29. The third-order valence-electron chi connectivity index (χ3n) is 5.78. The van der Waals surface area contributed by atoms with Crippen molar-refractivity contribution in [3.63, 3.8) is 0 Å². The lowest BCUT2D eigenvalue weighted by Crippen LogP contribution is -2.36. The summed E-state index contributed by atoms with van der Waals surface area (Å²) in [5, 5.41) is 10.3. The fourth-order valence-electron chi connectivity index (χ4n) is 4.28. The molecule has 8 heteroatoms. The number of hydrogen-bond acceptors (Lipinski definition) is 5. The number of aromatic nitrogens is 3. The zero-order chi connectivity index (χ0) is 21.7. The number of pyridine rings is 1. The second kappa shape index (κ2) is 7.31. The van der Waals surface area contributed by atoms with E-state index in [4.69, 9.17) is 4.74 Å². The Balaban J connectivity index is 1.84. The Labute approximate surface area is 177 Å². The van der Waals surface area contributed by atoms with Crippen molar-refractivity contribution >= 4 is 33.6 Å². The van der Waals surface area contributed by atoms with Gasteiger partial charge in [-0.15, -0.1) is 0 Å². The molecule has 7 nitrogen and oxygen atoms in total. The summed E-state index contributed by atoms with van der Waals surface area (Å²) >= 11 is 0. The molecule has 0 radical (unpaired) electrons. The lowest BCUT2D eigenvalue weighted by molar-refractivity contribution is 0.0699. The van der Waals surface area contributed by atoms with Crippen molar-refractivity contribution in [1.82, 2.24) is 14.5 Å². The maximum Gasteiger partial charge on any atom is 0.338 e. The molecule has 3 heterocycles. The highest BCUT2D eigenvalue weighted by atomic mass is 19.1. The van der Waals surface area contributed by atoms with Gasteiger partial charge in [-0.3, -0.25) is 9.55 Å². The van der Waals surface area contributed by atoms with Crippen molar-refractivity contribution in [2.24, 2.45) is 0 Å². The number of rotatable bonds is 3. The number of ether oxygens (including phenoxy) is 1. The number of anilines is 1. The number of fused-ring (bicyclic) bond motifs is 2. The number of morpholine rings is 1. The standard InChI is InChI=1S/C23H21FN4O3/c1-13-3-4-17(24)20-18(5-6-25-21(13)20)28-14(2)26-22-16(23(29)30)11-15(12-19(22)28)27-7-9-31-10-8-27/h3-6,11-12H,7-10H2,1-2H3,(H,29,30). The molecular formula is C23H21FN4O3. The van der Waals surface area contributed by atoms with Crippen LogP contribution in [0.4, 0.5) is 10.1 Å². The molecule has 0 unspecified atom stereocenters. The van der Waals surface area contributed by atoms with E-state index in [1.807, 2.05) is 17.6 Å². The summed E-state index contributed by atoms with van der Waals surface area (Å²) in [5.74, 6) is -0.857. The Kier molecular flexibility index (Phi) is 4.59. The fraction of sp³-hybridized carbons (Fsp3) is 0.261. The fourth-order valence-corrected chi connectivity index (χ4v) is 4.28. The summed E-state index contributed by atoms with van der Waals surface area (Å²) in [7, 11) is 0. The van der Waals surface area contributed by atoms with E-state index in [1.54, 1.807) is 31.3 Å². The number of imidazole rings is 1. The minimum atomic E-state index is -1.05. The zero-order valence-corrected chi connectivity index (χ0v) is 17.2. The van der Waals surface area contributed by atoms with E-state index in [1.165, 1.54) is 6.07 Å². The van der Waals surface area contributed by atoms with Crippen LogP contribution in [-0.4, -0.2) is 51.9 Å². The molecule has 1 saturated heterocycles. The van der Waals surface area contributed by atoms with Crippen molar-refractivity contribution in [2.45, 2.75) is 13.8 Å². The van der Waals surface area contributed by atoms with Gasteiger partial charge >= 0.3 is 5.97 Å². The second-order valence-corrected chi connectivity index (χ2v) is 7.68.